The monoisotopic (exact) mass is 355 g/mol. The van der Waals surface area contributed by atoms with Crippen molar-refractivity contribution >= 4 is 46.0 Å². The number of hydrogen-bond donors (Lipinski definition) is 4. The van der Waals surface area contributed by atoms with Crippen LogP contribution in [0.4, 0.5) is 11.4 Å². The Bertz CT molecular complexity index is 593. The maximum Gasteiger partial charge on any atom is 0.292 e. The summed E-state index contributed by atoms with van der Waals surface area (Å²) in [6.45, 7) is 1.41. The van der Waals surface area contributed by atoms with Crippen molar-refractivity contribution in [3.63, 3.8) is 0 Å². The van der Waals surface area contributed by atoms with E-state index in [1.165, 1.54) is 6.07 Å². The van der Waals surface area contributed by atoms with Gasteiger partial charge in [0.05, 0.1) is 11.0 Å². The molecule has 1 aliphatic rings. The number of hydrazine groups is 1. The van der Waals surface area contributed by atoms with Crippen LogP contribution in [0.3, 0.4) is 0 Å². The quantitative estimate of drug-likeness (QED) is 0.363. The number of rotatable bonds is 4. The van der Waals surface area contributed by atoms with Gasteiger partial charge in [-0.25, -0.2) is 0 Å². The minimum Gasteiger partial charge on any atom is -0.376 e. The van der Waals surface area contributed by atoms with Gasteiger partial charge in [-0.3, -0.25) is 21.0 Å². The number of benzene rings is 1. The molecule has 0 aromatic heterocycles. The van der Waals surface area contributed by atoms with E-state index in [1.807, 2.05) is 0 Å². The fourth-order valence-corrected chi connectivity index (χ4v) is 2.36. The normalized spacial score (nSPS) is 16.4. The number of nitrogens with zero attached hydrogens (tertiary/aromatic N) is 1. The zero-order valence-electron chi connectivity index (χ0n) is 12.2. The van der Waals surface area contributed by atoms with Crippen molar-refractivity contribution in [2.24, 2.45) is 0 Å². The highest BCUT2D eigenvalue weighted by molar-refractivity contribution is 7.80. The summed E-state index contributed by atoms with van der Waals surface area (Å²) < 4.78 is 5.47. The van der Waals surface area contributed by atoms with Gasteiger partial charge in [-0.2, -0.15) is 0 Å². The summed E-state index contributed by atoms with van der Waals surface area (Å²) in [7, 11) is 0. The summed E-state index contributed by atoms with van der Waals surface area (Å²) in [6, 6.07) is 6.23. The van der Waals surface area contributed by atoms with Crippen LogP contribution in [-0.4, -0.2) is 34.4 Å². The Morgan fingerprint density at radius 1 is 1.30 bits per heavy atom. The predicted molar refractivity (Wildman–Crippen MR) is 95.2 cm³/mol. The summed E-state index contributed by atoms with van der Waals surface area (Å²) in [5.74, 6) is 0. The lowest BCUT2D eigenvalue weighted by Crippen LogP contribution is -2.49. The number of ether oxygens (including phenoxy) is 1. The fourth-order valence-electron chi connectivity index (χ4n) is 2.06. The average Bonchev–Trinajstić information content (AvgIpc) is 3.04. The van der Waals surface area contributed by atoms with Crippen molar-refractivity contribution in [2.75, 3.05) is 18.5 Å². The van der Waals surface area contributed by atoms with Crippen molar-refractivity contribution in [1.82, 2.24) is 16.2 Å². The van der Waals surface area contributed by atoms with Crippen LogP contribution in [0.25, 0.3) is 0 Å². The summed E-state index contributed by atoms with van der Waals surface area (Å²) in [5, 5.41) is 17.2. The average molecular weight is 355 g/mol. The van der Waals surface area contributed by atoms with Gasteiger partial charge in [-0.15, -0.1) is 0 Å². The van der Waals surface area contributed by atoms with Crippen LogP contribution < -0.4 is 21.5 Å². The van der Waals surface area contributed by atoms with E-state index >= 15 is 0 Å². The molecule has 23 heavy (non-hydrogen) atoms. The smallest absolute Gasteiger partial charge is 0.292 e. The molecule has 8 nitrogen and oxygen atoms in total. The maximum atomic E-state index is 10.9. The predicted octanol–water partition coefficient (Wildman–Crippen LogP) is 1.44. The molecule has 0 saturated carbocycles. The molecule has 0 radical (unpaired) electrons. The molecule has 0 spiro atoms. The van der Waals surface area contributed by atoms with Gasteiger partial charge < -0.3 is 15.4 Å². The molecule has 10 heteroatoms. The first-order valence-electron chi connectivity index (χ1n) is 7.02. The lowest BCUT2D eigenvalue weighted by Gasteiger charge is -2.16. The fraction of sp³-hybridized carbons (Fsp3) is 0.385. The zero-order chi connectivity index (χ0) is 16.7. The number of hydrogen-bond acceptors (Lipinski definition) is 5. The van der Waals surface area contributed by atoms with Gasteiger partial charge in [0.2, 0.25) is 0 Å². The van der Waals surface area contributed by atoms with Crippen LogP contribution in [0.2, 0.25) is 0 Å². The third-order valence-corrected chi connectivity index (χ3v) is 3.60. The first-order chi connectivity index (χ1) is 11.1. The second-order valence-electron chi connectivity index (χ2n) is 4.82. The summed E-state index contributed by atoms with van der Waals surface area (Å²) >= 11 is 10.2. The topological polar surface area (TPSA) is 100 Å². The second kappa shape index (κ2) is 8.56. The van der Waals surface area contributed by atoms with Crippen LogP contribution >= 0.6 is 24.4 Å². The van der Waals surface area contributed by atoms with Crippen LogP contribution in [0.5, 0.6) is 0 Å². The van der Waals surface area contributed by atoms with E-state index in [9.17, 15) is 10.1 Å². The van der Waals surface area contributed by atoms with E-state index in [0.29, 0.717) is 17.3 Å². The van der Waals surface area contributed by atoms with Gasteiger partial charge in [-0.05, 0) is 43.3 Å². The Balaban J connectivity index is 1.74. The highest BCUT2D eigenvalue weighted by Gasteiger charge is 2.15. The lowest BCUT2D eigenvalue weighted by molar-refractivity contribution is -0.383. The molecule has 4 N–H and O–H groups in total. The summed E-state index contributed by atoms with van der Waals surface area (Å²) in [6.07, 6.45) is 2.25. The van der Waals surface area contributed by atoms with Gasteiger partial charge in [0.25, 0.3) is 5.69 Å². The van der Waals surface area contributed by atoms with Gasteiger partial charge in [0.1, 0.15) is 5.69 Å². The molecule has 0 unspecified atom stereocenters. The van der Waals surface area contributed by atoms with Crippen molar-refractivity contribution in [3.05, 3.63) is 34.4 Å². The number of nitrogens with one attached hydrogen (secondary N) is 4. The molecule has 0 amide bonds. The van der Waals surface area contributed by atoms with E-state index < -0.39 is 4.92 Å². The Morgan fingerprint density at radius 2 is 2.04 bits per heavy atom. The van der Waals surface area contributed by atoms with Gasteiger partial charge in [-0.1, -0.05) is 12.1 Å². The number of thiocarbonyl (C=S) groups is 2. The molecule has 1 aromatic rings. The maximum absolute atomic E-state index is 10.9. The van der Waals surface area contributed by atoms with Crippen LogP contribution in [0.15, 0.2) is 24.3 Å². The highest BCUT2D eigenvalue weighted by atomic mass is 32.1. The third kappa shape index (κ3) is 5.58. The first kappa shape index (κ1) is 17.3. The molecule has 1 aromatic carbocycles. The summed E-state index contributed by atoms with van der Waals surface area (Å²) in [5.41, 5.74) is 5.63. The minimum atomic E-state index is -0.480. The number of nitro benzene ring substituents is 1. The molecule has 1 atom stereocenters. The molecular formula is C13H17N5O3S2. The van der Waals surface area contributed by atoms with E-state index in [0.717, 1.165) is 19.4 Å². The molecule has 1 heterocycles. The van der Waals surface area contributed by atoms with Crippen molar-refractivity contribution in [3.8, 4) is 0 Å². The largest absolute Gasteiger partial charge is 0.376 e. The number of nitro groups is 1. The third-order valence-electron chi connectivity index (χ3n) is 3.15. The molecule has 1 saturated heterocycles. The molecule has 1 fully saturated rings. The van der Waals surface area contributed by atoms with E-state index in [4.69, 9.17) is 29.2 Å². The lowest BCUT2D eigenvalue weighted by atomic mass is 10.2. The molecule has 124 valence electrons. The first-order valence-corrected chi connectivity index (χ1v) is 7.84. The standard InChI is InChI=1S/C13H17N5O3S2/c19-18(20)11-6-2-1-5-10(11)15-13(23)17-16-12(22)14-8-9-4-3-7-21-9/h1-2,5-6,9H,3-4,7-8H2,(H2,14,16,22)(H2,15,17,23)/t9-/m1/s1. The zero-order valence-corrected chi connectivity index (χ0v) is 13.8. The number of para-hydroxylation sites is 2. The number of anilines is 1. The Morgan fingerprint density at radius 3 is 2.74 bits per heavy atom. The van der Waals surface area contributed by atoms with Crippen molar-refractivity contribution < 1.29 is 9.66 Å². The molecule has 2 rings (SSSR count). The highest BCUT2D eigenvalue weighted by Crippen LogP contribution is 2.22. The summed E-state index contributed by atoms with van der Waals surface area (Å²) in [4.78, 5) is 10.4. The van der Waals surface area contributed by atoms with Crippen LogP contribution in [0, 0.1) is 10.1 Å². The van der Waals surface area contributed by atoms with E-state index in [1.54, 1.807) is 18.2 Å². The Kier molecular flexibility index (Phi) is 6.44. The Labute approximate surface area is 144 Å². The molecular weight excluding hydrogens is 338 g/mol. The van der Waals surface area contributed by atoms with E-state index in [2.05, 4.69) is 21.5 Å². The molecule has 0 aliphatic carbocycles. The SMILES string of the molecule is O=[N+]([O-])c1ccccc1NC(=S)NNC(=S)NC[C@H]1CCCO1. The molecule has 1 aliphatic heterocycles. The minimum absolute atomic E-state index is 0.0595. The van der Waals surface area contributed by atoms with Crippen LogP contribution in [-0.2, 0) is 4.74 Å². The second-order valence-corrected chi connectivity index (χ2v) is 5.64. The molecule has 0 bridgehead atoms. The van der Waals surface area contributed by atoms with Gasteiger partial charge in [0, 0.05) is 19.2 Å². The van der Waals surface area contributed by atoms with E-state index in [-0.39, 0.29) is 16.9 Å². The van der Waals surface area contributed by atoms with Gasteiger partial charge >= 0.3 is 0 Å². The van der Waals surface area contributed by atoms with Crippen molar-refractivity contribution in [1.29, 1.82) is 0 Å². The van der Waals surface area contributed by atoms with Gasteiger partial charge in [0.15, 0.2) is 10.2 Å². The Hall–Kier alpha value is -2.04. The van der Waals surface area contributed by atoms with Crippen LogP contribution in [0.1, 0.15) is 12.8 Å². The van der Waals surface area contributed by atoms with Crippen molar-refractivity contribution in [2.45, 2.75) is 18.9 Å².